The van der Waals surface area contributed by atoms with Crippen LogP contribution in [0.4, 0.5) is 5.69 Å². The normalized spacial score (nSPS) is 9.95. The highest BCUT2D eigenvalue weighted by Gasteiger charge is 2.09. The molecule has 0 aliphatic heterocycles. The van der Waals surface area contributed by atoms with Crippen LogP contribution >= 0.6 is 11.6 Å². The maximum absolute atomic E-state index is 11.8. The van der Waals surface area contributed by atoms with E-state index in [0.717, 1.165) is 0 Å². The Morgan fingerprint density at radius 3 is 2.63 bits per heavy atom. The summed E-state index contributed by atoms with van der Waals surface area (Å²) >= 11 is 5.58. The molecule has 0 aliphatic carbocycles. The van der Waals surface area contributed by atoms with Gasteiger partial charge in [0.1, 0.15) is 10.8 Å². The summed E-state index contributed by atoms with van der Waals surface area (Å²) in [6, 6.07) is 6.28. The van der Waals surface area contributed by atoms with E-state index >= 15 is 0 Å². The highest BCUT2D eigenvalue weighted by Crippen LogP contribution is 2.11. The van der Waals surface area contributed by atoms with Crippen LogP contribution < -0.4 is 11.1 Å². The maximum Gasteiger partial charge on any atom is 0.275 e. The molecule has 0 spiro atoms. The lowest BCUT2D eigenvalue weighted by molar-refractivity contribution is 0.0995. The van der Waals surface area contributed by atoms with Gasteiger partial charge in [-0.25, -0.2) is 9.97 Å². The second-order valence-electron chi connectivity index (χ2n) is 3.62. The highest BCUT2D eigenvalue weighted by molar-refractivity contribution is 6.29. The van der Waals surface area contributed by atoms with Gasteiger partial charge in [0.25, 0.3) is 5.91 Å². The van der Waals surface area contributed by atoms with E-state index in [2.05, 4.69) is 15.3 Å². The number of carbonyl (C=O) groups excluding carboxylic acids is 2. The van der Waals surface area contributed by atoms with Crippen molar-refractivity contribution in [2.24, 2.45) is 5.73 Å². The number of amides is 2. The third kappa shape index (κ3) is 3.26. The first-order chi connectivity index (χ1) is 9.06. The van der Waals surface area contributed by atoms with Gasteiger partial charge in [-0.05, 0) is 18.2 Å². The van der Waals surface area contributed by atoms with E-state index in [0.29, 0.717) is 11.3 Å². The molecule has 19 heavy (non-hydrogen) atoms. The van der Waals surface area contributed by atoms with Crippen LogP contribution in [0.3, 0.4) is 0 Å². The number of nitrogens with two attached hydrogens (primary N) is 1. The van der Waals surface area contributed by atoms with Gasteiger partial charge in [0.15, 0.2) is 0 Å². The Hall–Kier alpha value is -2.47. The summed E-state index contributed by atoms with van der Waals surface area (Å²) in [6.07, 6.45) is 2.53. The first kappa shape index (κ1) is 13.0. The van der Waals surface area contributed by atoms with Crippen molar-refractivity contribution in [1.29, 1.82) is 0 Å². The van der Waals surface area contributed by atoms with Gasteiger partial charge in [-0.2, -0.15) is 0 Å². The number of nitrogens with zero attached hydrogens (tertiary/aromatic N) is 2. The summed E-state index contributed by atoms with van der Waals surface area (Å²) in [4.78, 5) is 30.4. The molecule has 3 N–H and O–H groups in total. The number of aromatic nitrogens is 2. The van der Waals surface area contributed by atoms with Crippen molar-refractivity contribution in [2.75, 3.05) is 5.32 Å². The molecule has 0 aliphatic rings. The molecule has 2 aromatic rings. The zero-order chi connectivity index (χ0) is 13.8. The van der Waals surface area contributed by atoms with Crippen molar-refractivity contribution in [3.63, 3.8) is 0 Å². The molecule has 1 heterocycles. The molecule has 0 fully saturated rings. The largest absolute Gasteiger partial charge is 0.366 e. The van der Waals surface area contributed by atoms with Crippen LogP contribution in [-0.2, 0) is 0 Å². The Balaban J connectivity index is 2.17. The fourth-order valence-electron chi connectivity index (χ4n) is 1.37. The second-order valence-corrected chi connectivity index (χ2v) is 4.01. The lowest BCUT2D eigenvalue weighted by Crippen LogP contribution is -2.15. The van der Waals surface area contributed by atoms with Crippen LogP contribution in [0.2, 0.25) is 5.15 Å². The topological polar surface area (TPSA) is 98.0 Å². The Bertz CT molecular complexity index is 628. The molecule has 0 saturated carbocycles. The molecule has 0 unspecified atom stereocenters. The van der Waals surface area contributed by atoms with Crippen molar-refractivity contribution >= 4 is 29.1 Å². The molecular formula is C12H9ClN4O2. The average Bonchev–Trinajstić information content (AvgIpc) is 2.39. The van der Waals surface area contributed by atoms with Gasteiger partial charge in [0.05, 0.1) is 12.4 Å². The van der Waals surface area contributed by atoms with Gasteiger partial charge in [0.2, 0.25) is 5.91 Å². The lowest BCUT2D eigenvalue weighted by atomic mass is 10.2. The highest BCUT2D eigenvalue weighted by atomic mass is 35.5. The fourth-order valence-corrected chi connectivity index (χ4v) is 1.47. The number of rotatable bonds is 3. The van der Waals surface area contributed by atoms with E-state index in [9.17, 15) is 9.59 Å². The summed E-state index contributed by atoms with van der Waals surface area (Å²) in [5.74, 6) is -1.02. The van der Waals surface area contributed by atoms with E-state index in [1.165, 1.54) is 18.5 Å². The summed E-state index contributed by atoms with van der Waals surface area (Å²) in [5, 5.41) is 2.78. The maximum atomic E-state index is 11.8. The molecule has 0 saturated heterocycles. The van der Waals surface area contributed by atoms with Crippen LogP contribution in [-0.4, -0.2) is 21.8 Å². The van der Waals surface area contributed by atoms with Crippen LogP contribution in [0.25, 0.3) is 0 Å². The van der Waals surface area contributed by atoms with Crippen molar-refractivity contribution in [1.82, 2.24) is 9.97 Å². The Labute approximate surface area is 113 Å². The van der Waals surface area contributed by atoms with Crippen molar-refractivity contribution in [2.45, 2.75) is 0 Å². The quantitative estimate of drug-likeness (QED) is 0.887. The smallest absolute Gasteiger partial charge is 0.275 e. The number of benzene rings is 1. The first-order valence-corrected chi connectivity index (χ1v) is 5.63. The summed E-state index contributed by atoms with van der Waals surface area (Å²) < 4.78 is 0. The van der Waals surface area contributed by atoms with Gasteiger partial charge in [0, 0.05) is 11.3 Å². The number of hydrogen-bond acceptors (Lipinski definition) is 4. The van der Waals surface area contributed by atoms with Gasteiger partial charge in [-0.15, -0.1) is 0 Å². The number of hydrogen-bond donors (Lipinski definition) is 2. The van der Waals surface area contributed by atoms with Crippen LogP contribution in [0, 0.1) is 0 Å². The zero-order valence-corrected chi connectivity index (χ0v) is 10.4. The molecular weight excluding hydrogens is 268 g/mol. The minimum atomic E-state index is -0.567. The molecule has 6 nitrogen and oxygen atoms in total. The minimum Gasteiger partial charge on any atom is -0.366 e. The summed E-state index contributed by atoms with van der Waals surface area (Å²) in [7, 11) is 0. The molecule has 1 aromatic carbocycles. The predicted octanol–water partition coefficient (Wildman–Crippen LogP) is 1.48. The van der Waals surface area contributed by atoms with Crippen molar-refractivity contribution in [3.8, 4) is 0 Å². The first-order valence-electron chi connectivity index (χ1n) is 5.25. The molecule has 0 bridgehead atoms. The van der Waals surface area contributed by atoms with Crippen LogP contribution in [0.5, 0.6) is 0 Å². The lowest BCUT2D eigenvalue weighted by Gasteiger charge is -2.05. The monoisotopic (exact) mass is 276 g/mol. The van der Waals surface area contributed by atoms with E-state index in [-0.39, 0.29) is 10.8 Å². The van der Waals surface area contributed by atoms with E-state index in [1.54, 1.807) is 18.2 Å². The van der Waals surface area contributed by atoms with Gasteiger partial charge >= 0.3 is 0 Å². The molecule has 0 radical (unpaired) electrons. The SMILES string of the molecule is NC(=O)c1cccc(NC(=O)c2cnc(Cl)cn2)c1. The Morgan fingerprint density at radius 2 is 2.00 bits per heavy atom. The Morgan fingerprint density at radius 1 is 1.21 bits per heavy atom. The zero-order valence-electron chi connectivity index (χ0n) is 9.63. The molecule has 7 heteroatoms. The molecule has 0 atom stereocenters. The number of carbonyl (C=O) groups is 2. The fraction of sp³-hybridized carbons (Fsp3) is 0. The van der Waals surface area contributed by atoms with Crippen molar-refractivity contribution < 1.29 is 9.59 Å². The van der Waals surface area contributed by atoms with Gasteiger partial charge in [-0.3, -0.25) is 9.59 Å². The number of anilines is 1. The van der Waals surface area contributed by atoms with Gasteiger partial charge in [-0.1, -0.05) is 17.7 Å². The van der Waals surface area contributed by atoms with Gasteiger partial charge < -0.3 is 11.1 Å². The summed E-state index contributed by atoms with van der Waals surface area (Å²) in [6.45, 7) is 0. The van der Waals surface area contributed by atoms with Crippen LogP contribution in [0.1, 0.15) is 20.8 Å². The predicted molar refractivity (Wildman–Crippen MR) is 70.0 cm³/mol. The standard InChI is InChI=1S/C12H9ClN4O2/c13-10-6-15-9(5-16-10)12(19)17-8-3-1-2-7(4-8)11(14)18/h1-6H,(H2,14,18)(H,17,19). The molecule has 2 rings (SSSR count). The Kier molecular flexibility index (Phi) is 3.72. The number of nitrogens with one attached hydrogen (secondary N) is 1. The third-order valence-electron chi connectivity index (χ3n) is 2.26. The third-order valence-corrected chi connectivity index (χ3v) is 2.45. The van der Waals surface area contributed by atoms with E-state index in [4.69, 9.17) is 17.3 Å². The molecule has 2 amide bonds. The number of halogens is 1. The minimum absolute atomic E-state index is 0.119. The van der Waals surface area contributed by atoms with E-state index < -0.39 is 11.8 Å². The second kappa shape index (κ2) is 5.45. The number of primary amides is 1. The van der Waals surface area contributed by atoms with E-state index in [1.807, 2.05) is 0 Å². The molecule has 96 valence electrons. The molecule has 1 aromatic heterocycles. The van der Waals surface area contributed by atoms with Crippen LogP contribution in [0.15, 0.2) is 36.7 Å². The average molecular weight is 277 g/mol. The summed E-state index contributed by atoms with van der Waals surface area (Å²) in [5.41, 5.74) is 6.02. The van der Waals surface area contributed by atoms with Crippen molar-refractivity contribution in [3.05, 3.63) is 53.1 Å².